The van der Waals surface area contributed by atoms with Gasteiger partial charge >= 0.3 is 5.97 Å². The maximum Gasteiger partial charge on any atom is 0.328 e. The van der Waals surface area contributed by atoms with Crippen LogP contribution in [0.4, 0.5) is 5.69 Å². The highest BCUT2D eigenvalue weighted by Gasteiger charge is 2.18. The highest BCUT2D eigenvalue weighted by atomic mass is 35.5. The topological polar surface area (TPSA) is 78.4 Å². The van der Waals surface area contributed by atoms with E-state index in [1.807, 2.05) is 0 Å². The number of carboxylic acids is 1. The van der Waals surface area contributed by atoms with Gasteiger partial charge in [0.15, 0.2) is 0 Å². The number of anilines is 1. The first-order chi connectivity index (χ1) is 8.00. The third-order valence-electron chi connectivity index (χ3n) is 2.05. The fourth-order valence-electron chi connectivity index (χ4n) is 1.26. The van der Waals surface area contributed by atoms with Crippen molar-refractivity contribution in [3.63, 3.8) is 0 Å². The van der Waals surface area contributed by atoms with Crippen LogP contribution in [-0.2, 0) is 9.59 Å². The van der Waals surface area contributed by atoms with Crippen LogP contribution in [0.5, 0.6) is 0 Å². The summed E-state index contributed by atoms with van der Waals surface area (Å²) in [7, 11) is 0. The van der Waals surface area contributed by atoms with Crippen molar-refractivity contribution in [1.82, 2.24) is 5.32 Å². The molecule has 0 bridgehead atoms. The molecule has 0 spiro atoms. The highest BCUT2D eigenvalue weighted by Crippen LogP contribution is 2.20. The zero-order valence-corrected chi connectivity index (χ0v) is 9.99. The average Bonchev–Trinajstić information content (AvgIpc) is 2.25. The molecule has 0 radical (unpaired) electrons. The average molecular weight is 257 g/mol. The zero-order valence-electron chi connectivity index (χ0n) is 9.24. The van der Waals surface area contributed by atoms with E-state index in [1.54, 1.807) is 24.3 Å². The Morgan fingerprint density at radius 1 is 1.41 bits per heavy atom. The molecule has 1 aromatic rings. The molecule has 0 heterocycles. The zero-order chi connectivity index (χ0) is 12.8. The van der Waals surface area contributed by atoms with E-state index in [0.717, 1.165) is 0 Å². The Balaban J connectivity index is 2.61. The van der Waals surface area contributed by atoms with Crippen LogP contribution in [0.15, 0.2) is 24.3 Å². The molecular formula is C11H13ClN2O3. The summed E-state index contributed by atoms with van der Waals surface area (Å²) in [5.41, 5.74) is 0.630. The second-order valence-electron chi connectivity index (χ2n) is 3.45. The number of nitrogens with one attached hydrogen (secondary N) is 2. The monoisotopic (exact) mass is 256 g/mol. The van der Waals surface area contributed by atoms with Crippen LogP contribution >= 0.6 is 11.6 Å². The van der Waals surface area contributed by atoms with Crippen LogP contribution in [-0.4, -0.2) is 29.6 Å². The summed E-state index contributed by atoms with van der Waals surface area (Å²) in [5, 5.41) is 14.6. The molecule has 1 rings (SSSR count). The van der Waals surface area contributed by atoms with E-state index in [-0.39, 0.29) is 6.54 Å². The Labute approximate surface area is 104 Å². The van der Waals surface area contributed by atoms with Gasteiger partial charge in [-0.05, 0) is 12.1 Å². The molecule has 1 amide bonds. The number of carboxylic acid groups (broad SMARTS) is 1. The quantitative estimate of drug-likeness (QED) is 0.743. The Kier molecular flexibility index (Phi) is 4.78. The fourth-order valence-corrected chi connectivity index (χ4v) is 1.46. The number of aliphatic carboxylic acids is 1. The lowest BCUT2D eigenvalue weighted by atomic mass is 10.2. The molecule has 1 atom stereocenters. The molecule has 0 saturated carbocycles. The summed E-state index contributed by atoms with van der Waals surface area (Å²) in [6.45, 7) is 1.34. The van der Waals surface area contributed by atoms with Gasteiger partial charge in [0, 0.05) is 13.5 Å². The van der Waals surface area contributed by atoms with Gasteiger partial charge in [-0.15, -0.1) is 0 Å². The molecular weight excluding hydrogens is 244 g/mol. The predicted octanol–water partition coefficient (Wildman–Crippen LogP) is 1.34. The van der Waals surface area contributed by atoms with E-state index in [9.17, 15) is 9.59 Å². The maximum atomic E-state index is 10.9. The van der Waals surface area contributed by atoms with Crippen LogP contribution < -0.4 is 10.6 Å². The molecule has 6 heteroatoms. The number of carbonyl (C=O) groups is 2. The van der Waals surface area contributed by atoms with Crippen molar-refractivity contribution < 1.29 is 14.7 Å². The van der Waals surface area contributed by atoms with Crippen molar-refractivity contribution in [3.05, 3.63) is 29.3 Å². The van der Waals surface area contributed by atoms with E-state index in [0.29, 0.717) is 10.7 Å². The van der Waals surface area contributed by atoms with Crippen molar-refractivity contribution >= 4 is 29.2 Å². The molecule has 1 aromatic carbocycles. The molecule has 0 saturated heterocycles. The highest BCUT2D eigenvalue weighted by molar-refractivity contribution is 6.33. The van der Waals surface area contributed by atoms with E-state index in [2.05, 4.69) is 10.6 Å². The van der Waals surface area contributed by atoms with Crippen LogP contribution in [0.3, 0.4) is 0 Å². The Hall–Kier alpha value is -1.75. The number of amides is 1. The van der Waals surface area contributed by atoms with Crippen LogP contribution in [0, 0.1) is 0 Å². The largest absolute Gasteiger partial charge is 0.480 e. The van der Waals surface area contributed by atoms with Gasteiger partial charge in [0.1, 0.15) is 6.04 Å². The molecule has 5 nitrogen and oxygen atoms in total. The van der Waals surface area contributed by atoms with Crippen molar-refractivity contribution in [3.8, 4) is 0 Å². The van der Waals surface area contributed by atoms with Crippen LogP contribution in [0.2, 0.25) is 5.02 Å². The Bertz CT molecular complexity index is 423. The first kappa shape index (κ1) is 13.3. The van der Waals surface area contributed by atoms with Crippen molar-refractivity contribution in [2.24, 2.45) is 0 Å². The number of rotatable bonds is 5. The first-order valence-corrected chi connectivity index (χ1v) is 5.37. The molecule has 0 aliphatic rings. The molecule has 0 aliphatic heterocycles. The maximum absolute atomic E-state index is 10.9. The Morgan fingerprint density at radius 3 is 2.59 bits per heavy atom. The molecule has 0 aromatic heterocycles. The summed E-state index contributed by atoms with van der Waals surface area (Å²) in [6, 6.07) is 6.00. The van der Waals surface area contributed by atoms with E-state index in [4.69, 9.17) is 16.7 Å². The SMILES string of the molecule is CC(=O)NC(CNc1ccccc1Cl)C(=O)O. The second-order valence-corrected chi connectivity index (χ2v) is 3.86. The molecule has 3 N–H and O–H groups in total. The van der Waals surface area contributed by atoms with Gasteiger partial charge in [0.2, 0.25) is 5.91 Å². The summed E-state index contributed by atoms with van der Waals surface area (Å²) in [6.07, 6.45) is 0. The lowest BCUT2D eigenvalue weighted by molar-refractivity contribution is -0.141. The minimum absolute atomic E-state index is 0.0681. The summed E-state index contributed by atoms with van der Waals surface area (Å²) < 4.78 is 0. The molecule has 1 unspecified atom stereocenters. The summed E-state index contributed by atoms with van der Waals surface area (Å²) >= 11 is 5.90. The van der Waals surface area contributed by atoms with Crippen molar-refractivity contribution in [2.45, 2.75) is 13.0 Å². The van der Waals surface area contributed by atoms with Gasteiger partial charge < -0.3 is 15.7 Å². The number of hydrogen-bond donors (Lipinski definition) is 3. The number of hydrogen-bond acceptors (Lipinski definition) is 3. The third-order valence-corrected chi connectivity index (χ3v) is 2.38. The second kappa shape index (κ2) is 6.10. The third kappa shape index (κ3) is 4.32. The van der Waals surface area contributed by atoms with Gasteiger partial charge in [-0.3, -0.25) is 4.79 Å². The van der Waals surface area contributed by atoms with Crippen molar-refractivity contribution in [1.29, 1.82) is 0 Å². The number of benzene rings is 1. The predicted molar refractivity (Wildman–Crippen MR) is 65.2 cm³/mol. The first-order valence-electron chi connectivity index (χ1n) is 4.99. The van der Waals surface area contributed by atoms with Gasteiger partial charge in [-0.2, -0.15) is 0 Å². The standard InChI is InChI=1S/C11H13ClN2O3/c1-7(15)14-10(11(16)17)6-13-9-5-3-2-4-8(9)12/h2-5,10,13H,6H2,1H3,(H,14,15)(H,16,17). The van der Waals surface area contributed by atoms with Crippen LogP contribution in [0.25, 0.3) is 0 Å². The smallest absolute Gasteiger partial charge is 0.328 e. The number of para-hydroxylation sites is 1. The number of carbonyl (C=O) groups excluding carboxylic acids is 1. The van der Waals surface area contributed by atoms with Gasteiger partial charge in [-0.25, -0.2) is 4.79 Å². The van der Waals surface area contributed by atoms with Crippen molar-refractivity contribution in [2.75, 3.05) is 11.9 Å². The normalized spacial score (nSPS) is 11.6. The molecule has 0 aliphatic carbocycles. The molecule has 0 fully saturated rings. The van der Waals surface area contributed by atoms with E-state index < -0.39 is 17.9 Å². The minimum Gasteiger partial charge on any atom is -0.480 e. The lowest BCUT2D eigenvalue weighted by Crippen LogP contribution is -2.44. The summed E-state index contributed by atoms with van der Waals surface area (Å²) in [5.74, 6) is -1.49. The lowest BCUT2D eigenvalue weighted by Gasteiger charge is -2.15. The number of halogens is 1. The van der Waals surface area contributed by atoms with E-state index in [1.165, 1.54) is 6.92 Å². The minimum atomic E-state index is -1.10. The molecule has 17 heavy (non-hydrogen) atoms. The van der Waals surface area contributed by atoms with Gasteiger partial charge in [0.25, 0.3) is 0 Å². The van der Waals surface area contributed by atoms with E-state index >= 15 is 0 Å². The van der Waals surface area contributed by atoms with Gasteiger partial charge in [0.05, 0.1) is 10.7 Å². The molecule has 92 valence electrons. The van der Waals surface area contributed by atoms with Crippen LogP contribution in [0.1, 0.15) is 6.92 Å². The summed E-state index contributed by atoms with van der Waals surface area (Å²) in [4.78, 5) is 21.7. The van der Waals surface area contributed by atoms with Gasteiger partial charge in [-0.1, -0.05) is 23.7 Å². The Morgan fingerprint density at radius 2 is 2.06 bits per heavy atom. The fraction of sp³-hybridized carbons (Fsp3) is 0.273.